The molecule has 0 aromatic heterocycles. The average molecular weight is 297 g/mol. The van der Waals surface area contributed by atoms with Crippen molar-refractivity contribution in [3.63, 3.8) is 0 Å². The minimum atomic E-state index is -0.595. The Morgan fingerprint density at radius 2 is 1.92 bits per heavy atom. The number of amides is 1. The quantitative estimate of drug-likeness (QED) is 0.795. The largest absolute Gasteiger partial charge is 0.366 e. The summed E-state index contributed by atoms with van der Waals surface area (Å²) in [4.78, 5) is 10.7. The van der Waals surface area contributed by atoms with Gasteiger partial charge in [0.2, 0.25) is 5.91 Å². The number of carbonyl (C=O) groups is 1. The average Bonchev–Trinajstić information content (AvgIpc) is 1.96. The topological polar surface area (TPSA) is 43.1 Å². The summed E-state index contributed by atoms with van der Waals surface area (Å²) >= 11 is 5.97. The molecule has 0 saturated carbocycles. The van der Waals surface area contributed by atoms with E-state index in [1.807, 2.05) is 0 Å². The van der Waals surface area contributed by atoms with Gasteiger partial charge in [0.05, 0.1) is 10.0 Å². The van der Waals surface area contributed by atoms with E-state index in [9.17, 15) is 9.18 Å². The number of primary amides is 1. The molecule has 2 nitrogen and oxygen atoms in total. The van der Waals surface area contributed by atoms with E-state index in [0.717, 1.165) is 0 Å². The molecule has 1 aromatic rings. The van der Waals surface area contributed by atoms with E-state index in [-0.39, 0.29) is 10.0 Å². The molecule has 5 heteroatoms. The molecule has 0 unspecified atom stereocenters. The van der Waals surface area contributed by atoms with Gasteiger partial charge in [-0.25, -0.2) is 4.39 Å². The summed E-state index contributed by atoms with van der Waals surface area (Å²) in [7, 11) is 0. The van der Waals surface area contributed by atoms with Gasteiger partial charge in [-0.1, -0.05) is 0 Å². The molecule has 0 aliphatic rings. The van der Waals surface area contributed by atoms with E-state index in [1.54, 1.807) is 0 Å². The molecule has 0 bridgehead atoms. The Morgan fingerprint density at radius 3 is 2.42 bits per heavy atom. The first-order chi connectivity index (χ1) is 5.52. The Morgan fingerprint density at radius 1 is 1.33 bits per heavy atom. The molecule has 0 radical (unpaired) electrons. The highest BCUT2D eigenvalue weighted by atomic mass is 79.9. The Hall–Kier alpha value is -0.420. The first-order valence-electron chi connectivity index (χ1n) is 2.96. The Bertz CT molecular complexity index is 340. The number of nitrogens with two attached hydrogens (primary N) is 1. The van der Waals surface area contributed by atoms with Crippen LogP contribution in [0.4, 0.5) is 4.39 Å². The van der Waals surface area contributed by atoms with Gasteiger partial charge in [0.25, 0.3) is 0 Å². The van der Waals surface area contributed by atoms with E-state index in [2.05, 4.69) is 31.9 Å². The smallest absolute Gasteiger partial charge is 0.249 e. The number of halogens is 3. The summed E-state index contributed by atoms with van der Waals surface area (Å²) < 4.78 is 13.4. The maximum atomic E-state index is 12.8. The van der Waals surface area contributed by atoms with Gasteiger partial charge < -0.3 is 5.73 Å². The van der Waals surface area contributed by atoms with E-state index in [4.69, 9.17) is 5.73 Å². The van der Waals surface area contributed by atoms with E-state index in [0.29, 0.717) is 4.47 Å². The monoisotopic (exact) mass is 295 g/mol. The second kappa shape index (κ2) is 3.53. The normalized spacial score (nSPS) is 9.92. The maximum Gasteiger partial charge on any atom is 0.249 e. The van der Waals surface area contributed by atoms with Crippen LogP contribution in [0.3, 0.4) is 0 Å². The molecule has 0 fully saturated rings. The third-order valence-corrected chi connectivity index (χ3v) is 2.54. The van der Waals surface area contributed by atoms with E-state index >= 15 is 0 Å². The zero-order chi connectivity index (χ0) is 9.30. The summed E-state index contributed by atoms with van der Waals surface area (Å²) in [6.45, 7) is 0. The second-order valence-corrected chi connectivity index (χ2v) is 3.82. The lowest BCUT2D eigenvalue weighted by atomic mass is 10.2. The van der Waals surface area contributed by atoms with E-state index < -0.39 is 11.7 Å². The number of carbonyl (C=O) groups excluding carboxylic acids is 1. The molecule has 12 heavy (non-hydrogen) atoms. The standard InChI is InChI=1S/C7H4Br2FNO/c8-4-2-6(10)5(9)1-3(4)7(11)12/h1-2H,(H2,11,12). The summed E-state index contributed by atoms with van der Waals surface area (Å²) in [5, 5.41) is 0. The molecule has 0 heterocycles. The zero-order valence-electron chi connectivity index (χ0n) is 5.77. The van der Waals surface area contributed by atoms with Gasteiger partial charge in [0.1, 0.15) is 5.82 Å². The zero-order valence-corrected chi connectivity index (χ0v) is 8.95. The van der Waals surface area contributed by atoms with Crippen molar-refractivity contribution in [3.8, 4) is 0 Å². The predicted octanol–water partition coefficient (Wildman–Crippen LogP) is 2.45. The minimum Gasteiger partial charge on any atom is -0.366 e. The summed E-state index contributed by atoms with van der Waals surface area (Å²) in [6, 6.07) is 2.52. The molecular weight excluding hydrogens is 293 g/mol. The molecule has 1 aromatic carbocycles. The third-order valence-electron chi connectivity index (χ3n) is 1.28. The molecular formula is C7H4Br2FNO. The van der Waals surface area contributed by atoms with Crippen LogP contribution in [0, 0.1) is 5.82 Å². The van der Waals surface area contributed by atoms with Gasteiger partial charge in [-0.3, -0.25) is 4.79 Å². The minimum absolute atomic E-state index is 0.222. The van der Waals surface area contributed by atoms with Crippen LogP contribution in [-0.4, -0.2) is 5.91 Å². The summed E-state index contributed by atoms with van der Waals surface area (Å²) in [6.07, 6.45) is 0. The van der Waals surface area contributed by atoms with Crippen LogP contribution < -0.4 is 5.73 Å². The maximum absolute atomic E-state index is 12.8. The first-order valence-corrected chi connectivity index (χ1v) is 4.55. The van der Waals surface area contributed by atoms with Gasteiger partial charge in [-0.2, -0.15) is 0 Å². The van der Waals surface area contributed by atoms with Gasteiger partial charge in [-0.15, -0.1) is 0 Å². The number of rotatable bonds is 1. The lowest BCUT2D eigenvalue weighted by Crippen LogP contribution is -2.11. The first kappa shape index (κ1) is 9.67. The highest BCUT2D eigenvalue weighted by Crippen LogP contribution is 2.24. The van der Waals surface area contributed by atoms with Crippen molar-refractivity contribution < 1.29 is 9.18 Å². The van der Waals surface area contributed by atoms with Gasteiger partial charge in [0.15, 0.2) is 0 Å². The lowest BCUT2D eigenvalue weighted by Gasteiger charge is -2.01. The van der Waals surface area contributed by atoms with Crippen molar-refractivity contribution >= 4 is 37.8 Å². The highest BCUT2D eigenvalue weighted by Gasteiger charge is 2.09. The molecule has 0 atom stereocenters. The Kier molecular flexibility index (Phi) is 2.85. The second-order valence-electron chi connectivity index (χ2n) is 2.11. The van der Waals surface area contributed by atoms with Crippen molar-refractivity contribution in [3.05, 3.63) is 32.5 Å². The third kappa shape index (κ3) is 1.84. The van der Waals surface area contributed by atoms with Crippen LogP contribution in [0.15, 0.2) is 21.1 Å². The van der Waals surface area contributed by atoms with Gasteiger partial charge in [0, 0.05) is 4.47 Å². The van der Waals surface area contributed by atoms with Crippen LogP contribution in [-0.2, 0) is 0 Å². The lowest BCUT2D eigenvalue weighted by molar-refractivity contribution is 0.0999. The van der Waals surface area contributed by atoms with Crippen LogP contribution in [0.5, 0.6) is 0 Å². The van der Waals surface area contributed by atoms with Crippen molar-refractivity contribution in [2.75, 3.05) is 0 Å². The highest BCUT2D eigenvalue weighted by molar-refractivity contribution is 9.11. The molecule has 0 aliphatic heterocycles. The van der Waals surface area contributed by atoms with Crippen molar-refractivity contribution in [1.29, 1.82) is 0 Å². The molecule has 0 saturated heterocycles. The fourth-order valence-corrected chi connectivity index (χ4v) is 1.57. The molecule has 64 valence electrons. The van der Waals surface area contributed by atoms with Crippen molar-refractivity contribution in [1.82, 2.24) is 0 Å². The van der Waals surface area contributed by atoms with Crippen molar-refractivity contribution in [2.24, 2.45) is 5.73 Å². The van der Waals surface area contributed by atoms with Crippen LogP contribution in [0.2, 0.25) is 0 Å². The number of hydrogen-bond acceptors (Lipinski definition) is 1. The SMILES string of the molecule is NC(=O)c1cc(Br)c(F)cc1Br. The number of hydrogen-bond donors (Lipinski definition) is 1. The van der Waals surface area contributed by atoms with Crippen molar-refractivity contribution in [2.45, 2.75) is 0 Å². The van der Waals surface area contributed by atoms with Gasteiger partial charge >= 0.3 is 0 Å². The van der Waals surface area contributed by atoms with Crippen LogP contribution in [0.1, 0.15) is 10.4 Å². The fourth-order valence-electron chi connectivity index (χ4n) is 0.711. The molecule has 0 aliphatic carbocycles. The summed E-state index contributed by atoms with van der Waals surface area (Å²) in [5.74, 6) is -1.03. The predicted molar refractivity (Wildman–Crippen MR) is 50.3 cm³/mol. The molecule has 1 amide bonds. The van der Waals surface area contributed by atoms with E-state index in [1.165, 1.54) is 12.1 Å². The molecule has 2 N–H and O–H groups in total. The molecule has 0 spiro atoms. The van der Waals surface area contributed by atoms with Crippen LogP contribution >= 0.6 is 31.9 Å². The fraction of sp³-hybridized carbons (Fsp3) is 0. The number of benzene rings is 1. The Labute approximate surface area is 85.2 Å². The van der Waals surface area contributed by atoms with Gasteiger partial charge in [-0.05, 0) is 44.0 Å². The Balaban J connectivity index is 3.33. The molecule has 1 rings (SSSR count). The summed E-state index contributed by atoms with van der Waals surface area (Å²) in [5.41, 5.74) is 5.27. The van der Waals surface area contributed by atoms with Crippen LogP contribution in [0.25, 0.3) is 0 Å².